The first-order valence-corrected chi connectivity index (χ1v) is 14.7. The zero-order valence-corrected chi connectivity index (χ0v) is 25.6. The molecule has 0 atom stereocenters. The van der Waals surface area contributed by atoms with Crippen LogP contribution in [-0.4, -0.2) is 0 Å². The van der Waals surface area contributed by atoms with Gasteiger partial charge in [0.2, 0.25) is 0 Å². The van der Waals surface area contributed by atoms with Crippen LogP contribution in [0.5, 0.6) is 0 Å². The summed E-state index contributed by atoms with van der Waals surface area (Å²) in [6.45, 7) is 20.7. The van der Waals surface area contributed by atoms with Crippen LogP contribution < -0.4 is 0 Å². The zero-order valence-electron chi connectivity index (χ0n) is 25.6. The lowest BCUT2D eigenvalue weighted by molar-refractivity contribution is 0.327. The fourth-order valence-corrected chi connectivity index (χ4v) is 6.09. The van der Waals surface area contributed by atoms with E-state index in [9.17, 15) is 0 Å². The maximum Gasteiger partial charge on any atom is 0.119 e. The molecule has 1 heteroatoms. The van der Waals surface area contributed by atoms with E-state index in [1.165, 1.54) is 38.1 Å². The van der Waals surface area contributed by atoms with Crippen LogP contribution in [0.15, 0.2) is 158 Å². The summed E-state index contributed by atoms with van der Waals surface area (Å²) in [6.07, 6.45) is 11.9. The molecule has 0 saturated carbocycles. The van der Waals surface area contributed by atoms with Crippen molar-refractivity contribution in [3.8, 4) is 11.1 Å². The summed E-state index contributed by atoms with van der Waals surface area (Å²) in [5.74, 6) is 1.34. The normalized spacial score (nSPS) is 12.8. The Bertz CT molecular complexity index is 2020. The van der Waals surface area contributed by atoms with Crippen LogP contribution in [0.25, 0.3) is 54.6 Å². The molecule has 0 N–H and O–H groups in total. The second-order valence-corrected chi connectivity index (χ2v) is 10.5. The highest BCUT2D eigenvalue weighted by Gasteiger charge is 2.19. The van der Waals surface area contributed by atoms with E-state index in [2.05, 4.69) is 124 Å². The molecule has 212 valence electrons. The molecular weight excluding hydrogens is 520 g/mol. The van der Waals surface area contributed by atoms with Gasteiger partial charge in [0.1, 0.15) is 11.5 Å². The third-order valence-corrected chi connectivity index (χ3v) is 7.90. The lowest BCUT2D eigenvalue weighted by atomic mass is 9.84. The Balaban J connectivity index is 1.96. The molecule has 0 spiro atoms. The number of benzene rings is 5. The largest absolute Gasteiger partial charge is 0.462 e. The first kappa shape index (κ1) is 29.4. The number of hydrogen-bond acceptors (Lipinski definition) is 1. The molecule has 5 rings (SSSR count). The highest BCUT2D eigenvalue weighted by molar-refractivity contribution is 6.20. The second-order valence-electron chi connectivity index (χ2n) is 10.5. The summed E-state index contributed by atoms with van der Waals surface area (Å²) in [4.78, 5) is 0. The molecule has 0 aliphatic carbocycles. The number of hydrogen-bond donors (Lipinski definition) is 0. The summed E-state index contributed by atoms with van der Waals surface area (Å²) in [7, 11) is 0. The molecule has 1 nitrogen and oxygen atoms in total. The minimum absolute atomic E-state index is 0.587. The van der Waals surface area contributed by atoms with Gasteiger partial charge in [0, 0.05) is 5.57 Å². The third-order valence-electron chi connectivity index (χ3n) is 7.90. The van der Waals surface area contributed by atoms with E-state index in [0.717, 1.165) is 39.0 Å². The topological polar surface area (TPSA) is 9.23 Å². The molecule has 0 aliphatic heterocycles. The van der Waals surface area contributed by atoms with Crippen LogP contribution in [0.3, 0.4) is 0 Å². The Labute approximate surface area is 255 Å². The Morgan fingerprint density at radius 2 is 1.28 bits per heavy atom. The van der Waals surface area contributed by atoms with E-state index in [-0.39, 0.29) is 0 Å². The monoisotopic (exact) mass is 558 g/mol. The molecule has 0 bridgehead atoms. The zero-order chi connectivity index (χ0) is 30.5. The fourth-order valence-electron chi connectivity index (χ4n) is 6.09. The van der Waals surface area contributed by atoms with Gasteiger partial charge < -0.3 is 4.74 Å². The van der Waals surface area contributed by atoms with Gasteiger partial charge in [-0.05, 0) is 106 Å². The molecule has 0 fully saturated rings. The predicted molar refractivity (Wildman–Crippen MR) is 190 cm³/mol. The summed E-state index contributed by atoms with van der Waals surface area (Å²) < 4.78 is 6.14. The Morgan fingerprint density at radius 3 is 1.95 bits per heavy atom. The summed E-state index contributed by atoms with van der Waals surface area (Å²) >= 11 is 0. The third kappa shape index (κ3) is 5.55. The first-order valence-electron chi connectivity index (χ1n) is 14.7. The van der Waals surface area contributed by atoms with Gasteiger partial charge in [0.05, 0.1) is 0 Å². The molecule has 43 heavy (non-hydrogen) atoms. The van der Waals surface area contributed by atoms with Crippen molar-refractivity contribution < 1.29 is 4.74 Å². The molecule has 0 radical (unpaired) electrons. The van der Waals surface area contributed by atoms with Crippen molar-refractivity contribution in [1.82, 2.24) is 0 Å². The van der Waals surface area contributed by atoms with Gasteiger partial charge in [-0.25, -0.2) is 0 Å². The van der Waals surface area contributed by atoms with E-state index in [1.54, 1.807) is 0 Å². The predicted octanol–water partition coefficient (Wildman–Crippen LogP) is 12.4. The van der Waals surface area contributed by atoms with Gasteiger partial charge in [-0.2, -0.15) is 0 Å². The van der Waals surface area contributed by atoms with E-state index in [1.807, 2.05) is 45.1 Å². The van der Waals surface area contributed by atoms with Crippen LogP contribution in [0, 0.1) is 0 Å². The van der Waals surface area contributed by atoms with E-state index < -0.39 is 0 Å². The molecule has 5 aromatic rings. The summed E-state index contributed by atoms with van der Waals surface area (Å²) in [5, 5.41) is 7.11. The maximum atomic E-state index is 6.14. The smallest absolute Gasteiger partial charge is 0.119 e. The van der Waals surface area contributed by atoms with Crippen molar-refractivity contribution in [3.63, 3.8) is 0 Å². The fraction of sp³-hybridized carbons (Fsp3) is 0.0952. The molecule has 0 saturated heterocycles. The minimum atomic E-state index is 0.587. The van der Waals surface area contributed by atoms with Crippen molar-refractivity contribution in [2.45, 2.75) is 27.7 Å². The average molecular weight is 559 g/mol. The van der Waals surface area contributed by atoms with E-state index >= 15 is 0 Å². The van der Waals surface area contributed by atoms with E-state index in [4.69, 9.17) is 4.74 Å². The van der Waals surface area contributed by atoms with Crippen molar-refractivity contribution in [2.24, 2.45) is 0 Å². The highest BCUT2D eigenvalue weighted by Crippen LogP contribution is 2.44. The molecule has 0 unspecified atom stereocenters. The van der Waals surface area contributed by atoms with Crippen molar-refractivity contribution in [2.75, 3.05) is 0 Å². The molecule has 5 aromatic carbocycles. The molecular formula is C42H38O. The van der Waals surface area contributed by atoms with Gasteiger partial charge in [-0.15, -0.1) is 0 Å². The first-order chi connectivity index (χ1) is 20.9. The van der Waals surface area contributed by atoms with Gasteiger partial charge in [0.25, 0.3) is 0 Å². The summed E-state index contributed by atoms with van der Waals surface area (Å²) in [6, 6.07) is 30.6. The van der Waals surface area contributed by atoms with Crippen molar-refractivity contribution >= 4 is 43.5 Å². The van der Waals surface area contributed by atoms with Gasteiger partial charge in [-0.1, -0.05) is 129 Å². The number of ether oxygens (including phenoxy) is 1. The minimum Gasteiger partial charge on any atom is -0.462 e. The Morgan fingerprint density at radius 1 is 0.674 bits per heavy atom. The van der Waals surface area contributed by atoms with Crippen LogP contribution in [-0.2, 0) is 4.74 Å². The Hall–Kier alpha value is -5.14. The SMILES string of the molecule is C=C/C(=C(\C)OC(=C)/C=C\C)c1cccc2c(-c3cccc4ccccc34)c3cccc(/C(=C/C)C(=C)/C=C\C)c3cc12. The molecule has 0 aromatic heterocycles. The number of allylic oxidation sites excluding steroid dienone is 10. The quantitative estimate of drug-likeness (QED) is 0.0993. The summed E-state index contributed by atoms with van der Waals surface area (Å²) in [5.41, 5.74) is 7.66. The van der Waals surface area contributed by atoms with Gasteiger partial charge in [0.15, 0.2) is 0 Å². The van der Waals surface area contributed by atoms with Crippen LogP contribution in [0.4, 0.5) is 0 Å². The average Bonchev–Trinajstić information content (AvgIpc) is 3.01. The van der Waals surface area contributed by atoms with Crippen LogP contribution in [0.2, 0.25) is 0 Å². The van der Waals surface area contributed by atoms with Crippen LogP contribution in [0.1, 0.15) is 38.8 Å². The number of rotatable bonds is 9. The lowest BCUT2D eigenvalue weighted by Gasteiger charge is -2.20. The van der Waals surface area contributed by atoms with Gasteiger partial charge >= 0.3 is 0 Å². The standard InChI is InChI=1S/C42H38O/c1-8-17-28(5)32(10-3)35-22-15-25-38-40(35)27-41-36(33(11-4)30(7)43-29(6)18-9-2)23-16-26-39(41)42(38)37-24-14-20-31-19-12-13-21-34(31)37/h8-27H,4-6H2,1-3,7H3/b17-8-,18-9-,32-10+,33-30-. The molecule has 0 aliphatic rings. The van der Waals surface area contributed by atoms with Gasteiger partial charge in [-0.3, -0.25) is 0 Å². The molecule has 0 amide bonds. The maximum absolute atomic E-state index is 6.14. The molecule has 0 heterocycles. The Kier molecular flexibility index (Phi) is 8.74. The van der Waals surface area contributed by atoms with E-state index in [0.29, 0.717) is 5.76 Å². The van der Waals surface area contributed by atoms with Crippen LogP contribution >= 0.6 is 0 Å². The lowest BCUT2D eigenvalue weighted by Crippen LogP contribution is -1.96. The van der Waals surface area contributed by atoms with Crippen molar-refractivity contribution in [1.29, 1.82) is 0 Å². The number of fused-ring (bicyclic) bond motifs is 3. The highest BCUT2D eigenvalue weighted by atomic mass is 16.5. The van der Waals surface area contributed by atoms with Crippen molar-refractivity contribution in [3.05, 3.63) is 169 Å². The second kappa shape index (κ2) is 12.8.